The number of carbonyl (C=O) groups excluding carboxylic acids is 1. The Bertz CT molecular complexity index is 1720. The van der Waals surface area contributed by atoms with Crippen LogP contribution in [0.1, 0.15) is 105 Å². The van der Waals surface area contributed by atoms with Crippen LogP contribution < -0.4 is 0 Å². The number of cyclic esters (lactones) is 1. The van der Waals surface area contributed by atoms with Gasteiger partial charge in [-0.1, -0.05) is 13.8 Å². The maximum Gasteiger partial charge on any atom is 0.331 e. The summed E-state index contributed by atoms with van der Waals surface area (Å²) in [7, 11) is 0. The Hall–Kier alpha value is -1.47. The number of hydrogen-bond donors (Lipinski definition) is 9. The van der Waals surface area contributed by atoms with E-state index in [2.05, 4.69) is 6.92 Å². The second-order valence-corrected chi connectivity index (χ2v) is 21.6. The van der Waals surface area contributed by atoms with E-state index in [4.69, 9.17) is 42.6 Å². The number of ether oxygens (including phenoxy) is 9. The van der Waals surface area contributed by atoms with Crippen molar-refractivity contribution in [3.8, 4) is 0 Å². The van der Waals surface area contributed by atoms with Crippen LogP contribution in [0.15, 0.2) is 11.6 Å². The normalized spacial score (nSPS) is 55.3. The molecule has 9 N–H and O–H groups in total. The average molecular weight is 943 g/mol. The third kappa shape index (κ3) is 8.64. The molecule has 4 aliphatic carbocycles. The fraction of sp³-hybridized carbons (Fsp3) is 0.936. The van der Waals surface area contributed by atoms with Crippen LogP contribution in [0.5, 0.6) is 0 Å². The summed E-state index contributed by atoms with van der Waals surface area (Å²) in [5.74, 6) is 0.0825. The zero-order chi connectivity index (χ0) is 47.2. The second-order valence-electron chi connectivity index (χ2n) is 21.6. The summed E-state index contributed by atoms with van der Waals surface area (Å²) in [6.45, 7) is 9.11. The third-order valence-corrected chi connectivity index (χ3v) is 18.1. The lowest BCUT2D eigenvalue weighted by Gasteiger charge is -2.65. The highest BCUT2D eigenvalue weighted by Gasteiger charge is 2.71. The van der Waals surface area contributed by atoms with Crippen molar-refractivity contribution in [1.29, 1.82) is 0 Å². The summed E-state index contributed by atoms with van der Waals surface area (Å²) >= 11 is 0. The number of fused-ring (bicyclic) bond motifs is 5. The fourth-order valence-corrected chi connectivity index (χ4v) is 14.3. The summed E-state index contributed by atoms with van der Waals surface area (Å²) in [4.78, 5) is 12.0. The van der Waals surface area contributed by atoms with E-state index in [1.807, 2.05) is 13.8 Å². The van der Waals surface area contributed by atoms with Crippen LogP contribution >= 0.6 is 0 Å². The van der Waals surface area contributed by atoms with Gasteiger partial charge in [-0.25, -0.2) is 4.79 Å². The van der Waals surface area contributed by atoms with Crippen LogP contribution in [0.3, 0.4) is 0 Å². The van der Waals surface area contributed by atoms with E-state index < -0.39 is 128 Å². The zero-order valence-electron chi connectivity index (χ0n) is 38.7. The Morgan fingerprint density at radius 1 is 0.652 bits per heavy atom. The van der Waals surface area contributed by atoms with Gasteiger partial charge in [0.1, 0.15) is 49.3 Å². The van der Waals surface area contributed by atoms with E-state index >= 15 is 0 Å². The Morgan fingerprint density at radius 3 is 1.77 bits per heavy atom. The van der Waals surface area contributed by atoms with Crippen molar-refractivity contribution in [2.24, 2.45) is 34.5 Å². The Labute approximate surface area is 385 Å². The molecule has 0 aromatic carbocycles. The van der Waals surface area contributed by atoms with Gasteiger partial charge in [-0.3, -0.25) is 0 Å². The Balaban J connectivity index is 0.737. The number of esters is 1. The van der Waals surface area contributed by atoms with Gasteiger partial charge in [-0.05, 0) is 107 Å². The summed E-state index contributed by atoms with van der Waals surface area (Å²) in [6, 6.07) is 0. The highest BCUT2D eigenvalue weighted by molar-refractivity contribution is 5.85. The van der Waals surface area contributed by atoms with E-state index in [-0.39, 0.29) is 61.1 Å². The highest BCUT2D eigenvalue weighted by Crippen LogP contribution is 2.70. The van der Waals surface area contributed by atoms with Gasteiger partial charge in [0.15, 0.2) is 25.2 Å². The molecule has 376 valence electrons. The first kappa shape index (κ1) is 49.5. The maximum absolute atomic E-state index is 12.6. The van der Waals surface area contributed by atoms with Gasteiger partial charge in [-0.15, -0.1) is 0 Å². The van der Waals surface area contributed by atoms with E-state index in [1.54, 1.807) is 19.9 Å². The molecule has 66 heavy (non-hydrogen) atoms. The standard InChI is InChI=1S/C47H74O19/c1-20-41(64-36-16-30(50)42(21(2)60-36)65-37-17-31(51)43(22(3)61-37)66-44-40(56)39(55)38(54)32(18-48)63-44)29(49)15-35(59-20)62-25-8-10-45(4)24(13-25)6-7-27-28(45)14-33(52)46(5)26(9-11-47(27,46)57)23-12-34(53)58-19-23/h12,20-22,24-33,35-44,48-52,54-57H,6-11,13-19H2,1-5H3/t20-,21-,22-,24+,25+,26+,27+,28-,29+,30+,31+,32+,33-,35+,36-,37-,38+,39-,40+,41-,42+,43+,44-,45-,46-,47+/m1/s1. The van der Waals surface area contributed by atoms with Crippen molar-refractivity contribution in [3.63, 3.8) is 0 Å². The molecule has 0 radical (unpaired) electrons. The predicted molar refractivity (Wildman–Crippen MR) is 225 cm³/mol. The van der Waals surface area contributed by atoms with E-state index in [0.717, 1.165) is 44.1 Å². The van der Waals surface area contributed by atoms with Crippen molar-refractivity contribution in [3.05, 3.63) is 11.6 Å². The smallest absolute Gasteiger partial charge is 0.331 e. The molecule has 0 spiro atoms. The van der Waals surface area contributed by atoms with Gasteiger partial charge in [-0.2, -0.15) is 0 Å². The number of aliphatic hydroxyl groups is 9. The van der Waals surface area contributed by atoms with Crippen molar-refractivity contribution in [1.82, 2.24) is 0 Å². The van der Waals surface area contributed by atoms with Crippen molar-refractivity contribution < 1.29 is 93.4 Å². The molecule has 4 saturated carbocycles. The summed E-state index contributed by atoms with van der Waals surface area (Å²) in [6.07, 6.45) is -10.8. The summed E-state index contributed by atoms with van der Waals surface area (Å²) in [5.41, 5.74) is -0.989. The number of carbonyl (C=O) groups is 1. The maximum atomic E-state index is 12.6. The molecule has 8 fully saturated rings. The summed E-state index contributed by atoms with van der Waals surface area (Å²) < 4.78 is 53.9. The molecule has 0 amide bonds. The number of aliphatic hydroxyl groups excluding tert-OH is 8. The quantitative estimate of drug-likeness (QED) is 0.103. The van der Waals surface area contributed by atoms with Gasteiger partial charge in [0.25, 0.3) is 0 Å². The first-order valence-corrected chi connectivity index (χ1v) is 24.5. The minimum atomic E-state index is -1.65. The summed E-state index contributed by atoms with van der Waals surface area (Å²) in [5, 5.41) is 98.4. The molecular formula is C47H74O19. The predicted octanol–water partition coefficient (Wildman–Crippen LogP) is 0.0423. The van der Waals surface area contributed by atoms with Gasteiger partial charge in [0.2, 0.25) is 0 Å². The molecule has 0 aromatic heterocycles. The second kappa shape index (κ2) is 18.9. The van der Waals surface area contributed by atoms with Crippen LogP contribution in [-0.4, -0.2) is 187 Å². The van der Waals surface area contributed by atoms with Crippen LogP contribution in [0.4, 0.5) is 0 Å². The molecule has 19 heteroatoms. The Kier molecular flexibility index (Phi) is 14.2. The third-order valence-electron chi connectivity index (χ3n) is 18.1. The van der Waals surface area contributed by atoms with Crippen LogP contribution in [0.25, 0.3) is 0 Å². The number of rotatable bonds is 10. The lowest BCUT2D eigenvalue weighted by molar-refractivity contribution is -0.355. The molecule has 9 rings (SSSR count). The van der Waals surface area contributed by atoms with Gasteiger partial charge in [0, 0.05) is 30.8 Å². The van der Waals surface area contributed by atoms with E-state index in [9.17, 15) is 50.8 Å². The van der Waals surface area contributed by atoms with Gasteiger partial charge >= 0.3 is 5.97 Å². The van der Waals surface area contributed by atoms with Crippen LogP contribution in [0, 0.1) is 34.5 Å². The molecule has 19 nitrogen and oxygen atoms in total. The first-order chi connectivity index (χ1) is 31.2. The van der Waals surface area contributed by atoms with Crippen LogP contribution in [-0.2, 0) is 47.4 Å². The van der Waals surface area contributed by atoms with Gasteiger partial charge in [0.05, 0.1) is 61.0 Å². The monoisotopic (exact) mass is 942 g/mol. The molecule has 5 aliphatic heterocycles. The largest absolute Gasteiger partial charge is 0.458 e. The molecule has 4 saturated heterocycles. The van der Waals surface area contributed by atoms with Gasteiger partial charge < -0.3 is 88.6 Å². The number of hydrogen-bond acceptors (Lipinski definition) is 19. The fourth-order valence-electron chi connectivity index (χ4n) is 14.3. The minimum absolute atomic E-state index is 0.0188. The minimum Gasteiger partial charge on any atom is -0.458 e. The lowest BCUT2D eigenvalue weighted by Crippen LogP contribution is -2.67. The van der Waals surface area contributed by atoms with E-state index in [1.165, 1.54) is 0 Å². The zero-order valence-corrected chi connectivity index (χ0v) is 38.7. The molecule has 5 heterocycles. The van der Waals surface area contributed by atoms with E-state index in [0.29, 0.717) is 18.8 Å². The molecule has 0 unspecified atom stereocenters. The topological polar surface area (TPSA) is 282 Å². The molecule has 0 aromatic rings. The van der Waals surface area contributed by atoms with Crippen molar-refractivity contribution >= 4 is 5.97 Å². The molecule has 9 aliphatic rings. The molecule has 0 bridgehead atoms. The van der Waals surface area contributed by atoms with Crippen molar-refractivity contribution in [2.75, 3.05) is 13.2 Å². The van der Waals surface area contributed by atoms with Crippen molar-refractivity contribution in [2.45, 2.75) is 228 Å². The van der Waals surface area contributed by atoms with Crippen LogP contribution in [0.2, 0.25) is 0 Å². The lowest BCUT2D eigenvalue weighted by atomic mass is 9.42. The molecular weight excluding hydrogens is 868 g/mol. The Morgan fingerprint density at radius 2 is 1.23 bits per heavy atom. The SMILES string of the molecule is C[C@H]1O[C@H](O[C@H]2[C@@H](O)C[C@H](O[C@H]3CC[C@]4(C)[C@@H](CC[C@H]5[C@H]4C[C@@H](O)[C@@]4(C)[C@H](C6=CC(=O)OC6)CC[C@]54O)C3)O[C@@H]2C)C[C@H](O)[C@H]1O[C@@H]1C[C@H](O)[C@@H](O[C@H]2O[C@@H](CO)[C@H](O)[C@@H](O)[C@@H]2O)[C@@H](C)O1. The average Bonchev–Trinajstić information content (AvgIpc) is 3.82. The molecule has 26 atom stereocenters. The highest BCUT2D eigenvalue weighted by atomic mass is 16.8. The first-order valence-electron chi connectivity index (χ1n) is 24.5.